The molecule has 31 heavy (non-hydrogen) atoms. The highest BCUT2D eigenvalue weighted by Gasteiger charge is 2.31. The molecule has 9 nitrogen and oxygen atoms in total. The Kier molecular flexibility index (Phi) is 7.00. The van der Waals surface area contributed by atoms with Crippen LogP contribution >= 0.6 is 11.3 Å². The fourth-order valence-corrected chi connectivity index (χ4v) is 4.46. The quantitative estimate of drug-likeness (QED) is 0.698. The van der Waals surface area contributed by atoms with Crippen LogP contribution in [0.4, 0.5) is 9.93 Å². The molecular weight excluding hydrogens is 420 g/mol. The van der Waals surface area contributed by atoms with Crippen LogP contribution in [-0.2, 0) is 14.3 Å². The first-order chi connectivity index (χ1) is 14.6. The predicted molar refractivity (Wildman–Crippen MR) is 117 cm³/mol. The first-order valence-electron chi connectivity index (χ1n) is 10.5. The molecule has 10 heteroatoms. The number of anilines is 1. The van der Waals surface area contributed by atoms with Crippen molar-refractivity contribution in [1.82, 2.24) is 14.9 Å². The Balaban J connectivity index is 1.65. The molecule has 1 aromatic heterocycles. The molecule has 2 aliphatic rings. The molecule has 0 unspecified atom stereocenters. The molecule has 1 aromatic rings. The van der Waals surface area contributed by atoms with Crippen LogP contribution in [0.25, 0.3) is 0 Å². The molecule has 0 atom stereocenters. The molecule has 0 saturated heterocycles. The summed E-state index contributed by atoms with van der Waals surface area (Å²) in [6, 6.07) is 0. The van der Waals surface area contributed by atoms with Crippen LogP contribution < -0.4 is 5.43 Å². The van der Waals surface area contributed by atoms with Gasteiger partial charge >= 0.3 is 12.1 Å². The third-order valence-electron chi connectivity index (χ3n) is 4.96. The van der Waals surface area contributed by atoms with Gasteiger partial charge in [0.05, 0.1) is 18.8 Å². The van der Waals surface area contributed by atoms with Crippen LogP contribution in [-0.4, -0.2) is 71.1 Å². The number of carbonyl (C=O) groups is 3. The third kappa shape index (κ3) is 5.82. The Morgan fingerprint density at radius 3 is 2.58 bits per heavy atom. The molecule has 1 N–H and O–H groups in total. The molecule has 3 rings (SSSR count). The Hall–Kier alpha value is -2.46. The first-order valence-corrected chi connectivity index (χ1v) is 11.3. The summed E-state index contributed by atoms with van der Waals surface area (Å²) >= 11 is 1.21. The molecule has 3 heterocycles. The number of thiazole rings is 1. The minimum absolute atomic E-state index is 0.0404. The van der Waals surface area contributed by atoms with Crippen molar-refractivity contribution in [2.75, 3.05) is 38.2 Å². The highest BCUT2D eigenvalue weighted by atomic mass is 32.1. The number of amides is 1. The summed E-state index contributed by atoms with van der Waals surface area (Å²) in [4.78, 5) is 43.8. The van der Waals surface area contributed by atoms with E-state index in [1.165, 1.54) is 11.3 Å². The number of carbonyl (C=O) groups excluding carboxylic acids is 3. The lowest BCUT2D eigenvalue weighted by atomic mass is 9.96. The summed E-state index contributed by atoms with van der Waals surface area (Å²) in [6.07, 6.45) is 0.799. The SMILES string of the molecule is CCOC(=O)c1sc(NN2CC(=O)C3=C(CCN(C(=O)OC(C)(C)C)CC3)C2)nc1C. The van der Waals surface area contributed by atoms with Crippen molar-refractivity contribution in [3.05, 3.63) is 21.7 Å². The molecule has 0 radical (unpaired) electrons. The number of hydrogen-bond donors (Lipinski definition) is 1. The topological polar surface area (TPSA) is 101 Å². The van der Waals surface area contributed by atoms with Gasteiger partial charge in [-0.3, -0.25) is 10.2 Å². The van der Waals surface area contributed by atoms with Crippen molar-refractivity contribution in [1.29, 1.82) is 0 Å². The molecule has 0 saturated carbocycles. The first kappa shape index (κ1) is 23.2. The average Bonchev–Trinajstić information content (AvgIpc) is 2.88. The van der Waals surface area contributed by atoms with E-state index in [9.17, 15) is 14.4 Å². The van der Waals surface area contributed by atoms with E-state index in [1.807, 2.05) is 20.8 Å². The van der Waals surface area contributed by atoms with Crippen molar-refractivity contribution >= 4 is 34.3 Å². The van der Waals surface area contributed by atoms with Gasteiger partial charge in [-0.2, -0.15) is 0 Å². The van der Waals surface area contributed by atoms with Gasteiger partial charge in [0.15, 0.2) is 10.9 Å². The molecule has 1 amide bonds. The van der Waals surface area contributed by atoms with E-state index in [2.05, 4.69) is 10.4 Å². The normalized spacial score (nSPS) is 17.8. The zero-order valence-electron chi connectivity index (χ0n) is 18.7. The van der Waals surface area contributed by atoms with Crippen molar-refractivity contribution in [3.63, 3.8) is 0 Å². The van der Waals surface area contributed by atoms with Gasteiger partial charge < -0.3 is 14.4 Å². The van der Waals surface area contributed by atoms with Crippen molar-refractivity contribution in [2.45, 2.75) is 53.1 Å². The number of nitrogens with zero attached hydrogens (tertiary/aromatic N) is 3. The van der Waals surface area contributed by atoms with Crippen molar-refractivity contribution in [2.24, 2.45) is 0 Å². The van der Waals surface area contributed by atoms with Gasteiger partial charge in [0.1, 0.15) is 10.5 Å². The van der Waals surface area contributed by atoms with Gasteiger partial charge in [-0.25, -0.2) is 19.6 Å². The molecule has 2 aliphatic heterocycles. The highest BCUT2D eigenvalue weighted by Crippen LogP contribution is 2.28. The van der Waals surface area contributed by atoms with Crippen LogP contribution in [0.5, 0.6) is 0 Å². The lowest BCUT2D eigenvalue weighted by Crippen LogP contribution is -2.41. The smallest absolute Gasteiger partial charge is 0.410 e. The number of ketones is 1. The maximum atomic E-state index is 12.8. The number of rotatable bonds is 4. The number of hydrazine groups is 1. The summed E-state index contributed by atoms with van der Waals surface area (Å²) in [5, 5.41) is 2.35. The van der Waals surface area contributed by atoms with Gasteiger partial charge in [-0.15, -0.1) is 0 Å². The van der Waals surface area contributed by atoms with Gasteiger partial charge in [-0.1, -0.05) is 11.3 Å². The van der Waals surface area contributed by atoms with Crippen LogP contribution in [0.3, 0.4) is 0 Å². The molecular formula is C21H30N4O5S. The maximum Gasteiger partial charge on any atom is 0.410 e. The Morgan fingerprint density at radius 2 is 1.90 bits per heavy atom. The van der Waals surface area contributed by atoms with E-state index < -0.39 is 11.6 Å². The largest absolute Gasteiger partial charge is 0.462 e. The second-order valence-corrected chi connectivity index (χ2v) is 9.59. The van der Waals surface area contributed by atoms with Crippen LogP contribution in [0.2, 0.25) is 0 Å². The Labute approximate surface area is 186 Å². The zero-order chi connectivity index (χ0) is 22.8. The number of Topliss-reactive ketones (excluding diaryl/α,β-unsaturated/α-hetero) is 1. The number of nitrogens with one attached hydrogen (secondary N) is 1. The fraction of sp³-hybridized carbons (Fsp3) is 0.619. The zero-order valence-corrected chi connectivity index (χ0v) is 19.6. The molecule has 0 fully saturated rings. The lowest BCUT2D eigenvalue weighted by molar-refractivity contribution is -0.117. The van der Waals surface area contributed by atoms with Gasteiger partial charge in [0.2, 0.25) is 0 Å². The summed E-state index contributed by atoms with van der Waals surface area (Å²) in [6.45, 7) is 11.1. The monoisotopic (exact) mass is 450 g/mol. The predicted octanol–water partition coefficient (Wildman–Crippen LogP) is 3.17. The second-order valence-electron chi connectivity index (χ2n) is 8.59. The minimum Gasteiger partial charge on any atom is -0.462 e. The minimum atomic E-state index is -0.554. The highest BCUT2D eigenvalue weighted by molar-refractivity contribution is 7.17. The van der Waals surface area contributed by atoms with Crippen LogP contribution in [0.1, 0.15) is 55.9 Å². The molecule has 0 bridgehead atoms. The van der Waals surface area contributed by atoms with Crippen LogP contribution in [0, 0.1) is 6.92 Å². The average molecular weight is 451 g/mol. The van der Waals surface area contributed by atoms with E-state index in [0.717, 1.165) is 11.1 Å². The second kappa shape index (κ2) is 9.35. The van der Waals surface area contributed by atoms with Crippen molar-refractivity contribution in [3.8, 4) is 0 Å². The van der Waals surface area contributed by atoms with E-state index >= 15 is 0 Å². The van der Waals surface area contributed by atoms with Gasteiger partial charge in [0, 0.05) is 19.6 Å². The van der Waals surface area contributed by atoms with E-state index in [-0.39, 0.29) is 18.4 Å². The molecule has 0 spiro atoms. The van der Waals surface area contributed by atoms with E-state index in [1.54, 1.807) is 23.8 Å². The summed E-state index contributed by atoms with van der Waals surface area (Å²) in [5.41, 5.74) is 5.03. The number of aromatic nitrogens is 1. The molecule has 0 aliphatic carbocycles. The van der Waals surface area contributed by atoms with E-state index in [4.69, 9.17) is 9.47 Å². The standard InChI is InChI=1S/C21H30N4O5S/c1-6-29-18(27)17-13(2)22-19(31-17)23-25-11-14-7-9-24(20(28)30-21(3,4)5)10-8-15(14)16(26)12-25/h6-12H2,1-5H3,(H,22,23). The Bertz CT molecular complexity index is 902. The molecule has 170 valence electrons. The van der Waals surface area contributed by atoms with Crippen molar-refractivity contribution < 1.29 is 23.9 Å². The fourth-order valence-electron chi connectivity index (χ4n) is 3.58. The van der Waals surface area contributed by atoms with Crippen LogP contribution in [0.15, 0.2) is 11.1 Å². The maximum absolute atomic E-state index is 12.8. The number of aryl methyl sites for hydroxylation is 1. The number of hydrogen-bond acceptors (Lipinski definition) is 9. The number of ether oxygens (including phenoxy) is 2. The molecule has 0 aromatic carbocycles. The van der Waals surface area contributed by atoms with Gasteiger partial charge in [0.25, 0.3) is 0 Å². The Morgan fingerprint density at radius 1 is 1.19 bits per heavy atom. The number of esters is 1. The van der Waals surface area contributed by atoms with E-state index in [0.29, 0.717) is 54.8 Å². The van der Waals surface area contributed by atoms with Gasteiger partial charge in [-0.05, 0) is 58.6 Å². The lowest BCUT2D eigenvalue weighted by Gasteiger charge is -2.29. The summed E-state index contributed by atoms with van der Waals surface area (Å²) in [5.74, 6) is -0.352. The summed E-state index contributed by atoms with van der Waals surface area (Å²) < 4.78 is 10.5. The summed E-state index contributed by atoms with van der Waals surface area (Å²) in [7, 11) is 0. The third-order valence-corrected chi connectivity index (χ3v) is 6.00.